The first-order valence-corrected chi connectivity index (χ1v) is 10.2. The van der Waals surface area contributed by atoms with E-state index in [1.165, 1.54) is 25.3 Å². The second-order valence-corrected chi connectivity index (χ2v) is 8.22. The minimum atomic E-state index is -3.82. The number of rotatable bonds is 6. The zero-order valence-corrected chi connectivity index (χ0v) is 16.3. The Labute approximate surface area is 163 Å². The smallest absolute Gasteiger partial charge is 0.269 e. The lowest BCUT2D eigenvalue weighted by Gasteiger charge is -2.12. The first-order valence-electron chi connectivity index (χ1n) is 8.68. The van der Waals surface area contributed by atoms with Gasteiger partial charge in [0, 0.05) is 17.2 Å². The van der Waals surface area contributed by atoms with Crippen LogP contribution in [-0.4, -0.2) is 33.4 Å². The van der Waals surface area contributed by atoms with Gasteiger partial charge in [0.05, 0.1) is 7.11 Å². The van der Waals surface area contributed by atoms with Crippen LogP contribution in [0.15, 0.2) is 47.4 Å². The lowest BCUT2D eigenvalue weighted by molar-refractivity contribution is 0.0846. The van der Waals surface area contributed by atoms with Gasteiger partial charge < -0.3 is 4.74 Å². The monoisotopic (exact) mass is 403 g/mol. The van der Waals surface area contributed by atoms with Crippen LogP contribution >= 0.6 is 0 Å². The van der Waals surface area contributed by atoms with Crippen molar-refractivity contribution in [3.63, 3.8) is 0 Å². The van der Waals surface area contributed by atoms with Crippen LogP contribution in [0.1, 0.15) is 39.1 Å². The van der Waals surface area contributed by atoms with Crippen LogP contribution in [0, 0.1) is 6.92 Å². The third kappa shape index (κ3) is 4.68. The Bertz CT molecular complexity index is 999. The van der Waals surface area contributed by atoms with E-state index in [0.717, 1.165) is 18.4 Å². The molecule has 1 aliphatic carbocycles. The predicted molar refractivity (Wildman–Crippen MR) is 102 cm³/mol. The summed E-state index contributed by atoms with van der Waals surface area (Å²) in [6.45, 7) is 1.90. The normalized spacial score (nSPS) is 13.6. The van der Waals surface area contributed by atoms with Crippen molar-refractivity contribution in [2.75, 3.05) is 7.11 Å². The Kier molecular flexibility index (Phi) is 5.66. The molecule has 0 bridgehead atoms. The van der Waals surface area contributed by atoms with Crippen molar-refractivity contribution in [2.45, 2.75) is 30.7 Å². The van der Waals surface area contributed by atoms with E-state index in [9.17, 15) is 18.0 Å². The molecule has 2 aromatic carbocycles. The van der Waals surface area contributed by atoms with Gasteiger partial charge in [-0.2, -0.15) is 0 Å². The number of ether oxygens (including phenoxy) is 1. The van der Waals surface area contributed by atoms with E-state index in [1.54, 1.807) is 24.3 Å². The molecule has 8 nitrogen and oxygen atoms in total. The third-order valence-corrected chi connectivity index (χ3v) is 5.76. The molecular formula is C19H21N3O5S. The van der Waals surface area contributed by atoms with Crippen molar-refractivity contribution < 1.29 is 22.7 Å². The van der Waals surface area contributed by atoms with Gasteiger partial charge in [-0.05, 0) is 50.1 Å². The van der Waals surface area contributed by atoms with E-state index in [4.69, 9.17) is 4.74 Å². The average Bonchev–Trinajstić information content (AvgIpc) is 3.49. The Morgan fingerprint density at radius 1 is 0.964 bits per heavy atom. The van der Waals surface area contributed by atoms with Crippen LogP contribution in [0.25, 0.3) is 0 Å². The summed E-state index contributed by atoms with van der Waals surface area (Å²) in [5, 5.41) is 0. The number of sulfonamides is 1. The van der Waals surface area contributed by atoms with Gasteiger partial charge in [-0.3, -0.25) is 20.4 Å². The van der Waals surface area contributed by atoms with Crippen LogP contribution in [0.4, 0.5) is 0 Å². The number of benzene rings is 2. The van der Waals surface area contributed by atoms with Crippen LogP contribution < -0.4 is 20.3 Å². The van der Waals surface area contributed by atoms with E-state index >= 15 is 0 Å². The molecule has 0 spiro atoms. The van der Waals surface area contributed by atoms with Gasteiger partial charge in [0.25, 0.3) is 11.8 Å². The van der Waals surface area contributed by atoms with E-state index in [-0.39, 0.29) is 22.3 Å². The summed E-state index contributed by atoms with van der Waals surface area (Å²) in [6.07, 6.45) is 1.57. The number of carbonyl (C=O) groups excluding carboxylic acids is 2. The number of aryl methyl sites for hydroxylation is 1. The molecule has 28 heavy (non-hydrogen) atoms. The molecule has 2 amide bonds. The maximum atomic E-state index is 12.5. The second kappa shape index (κ2) is 7.99. The van der Waals surface area contributed by atoms with Crippen molar-refractivity contribution in [1.82, 2.24) is 15.6 Å². The molecule has 9 heteroatoms. The van der Waals surface area contributed by atoms with Crippen molar-refractivity contribution in [1.29, 1.82) is 0 Å². The predicted octanol–water partition coefficient (Wildman–Crippen LogP) is 1.52. The number of hydrogen-bond acceptors (Lipinski definition) is 5. The van der Waals surface area contributed by atoms with E-state index in [2.05, 4.69) is 15.6 Å². The lowest BCUT2D eigenvalue weighted by Crippen LogP contribution is -2.41. The fourth-order valence-corrected chi connectivity index (χ4v) is 3.97. The Balaban J connectivity index is 1.73. The summed E-state index contributed by atoms with van der Waals surface area (Å²) in [4.78, 5) is 24.3. The molecule has 3 rings (SSSR count). The first-order chi connectivity index (χ1) is 13.3. The molecule has 0 heterocycles. The molecule has 2 aromatic rings. The molecule has 0 aliphatic heterocycles. The Hall–Kier alpha value is -2.91. The highest BCUT2D eigenvalue weighted by Crippen LogP contribution is 2.28. The third-order valence-electron chi connectivity index (χ3n) is 4.22. The minimum absolute atomic E-state index is 0.0705. The van der Waals surface area contributed by atoms with Gasteiger partial charge in [0.2, 0.25) is 10.0 Å². The van der Waals surface area contributed by atoms with E-state index in [0.29, 0.717) is 5.56 Å². The number of hydrogen-bond donors (Lipinski definition) is 3. The van der Waals surface area contributed by atoms with Crippen LogP contribution in [0.3, 0.4) is 0 Å². The number of hydrazine groups is 1. The molecule has 0 saturated heterocycles. The van der Waals surface area contributed by atoms with Gasteiger partial charge in [0.15, 0.2) is 0 Å². The quantitative estimate of drug-likeness (QED) is 0.633. The minimum Gasteiger partial charge on any atom is -0.495 e. The second-order valence-electron chi connectivity index (χ2n) is 6.54. The number of nitrogens with one attached hydrogen (secondary N) is 3. The highest BCUT2D eigenvalue weighted by atomic mass is 32.2. The van der Waals surface area contributed by atoms with E-state index < -0.39 is 21.8 Å². The lowest BCUT2D eigenvalue weighted by atomic mass is 10.1. The summed E-state index contributed by atoms with van der Waals surface area (Å²) in [5.41, 5.74) is 6.06. The maximum Gasteiger partial charge on any atom is 0.269 e. The fraction of sp³-hybridized carbons (Fsp3) is 0.263. The van der Waals surface area contributed by atoms with Crippen molar-refractivity contribution >= 4 is 21.8 Å². The van der Waals surface area contributed by atoms with Gasteiger partial charge in [-0.1, -0.05) is 17.7 Å². The highest BCUT2D eigenvalue weighted by molar-refractivity contribution is 7.89. The molecule has 0 atom stereocenters. The number of amides is 2. The summed E-state index contributed by atoms with van der Waals surface area (Å²) >= 11 is 0. The molecule has 1 fully saturated rings. The summed E-state index contributed by atoms with van der Waals surface area (Å²) in [6, 6.07) is 10.8. The zero-order chi connectivity index (χ0) is 20.3. The fourth-order valence-electron chi connectivity index (χ4n) is 2.47. The summed E-state index contributed by atoms with van der Waals surface area (Å²) < 4.78 is 32.7. The zero-order valence-electron chi connectivity index (χ0n) is 15.5. The van der Waals surface area contributed by atoms with E-state index in [1.807, 2.05) is 6.92 Å². The van der Waals surface area contributed by atoms with Crippen LogP contribution in [0.5, 0.6) is 5.75 Å². The van der Waals surface area contributed by atoms with Crippen molar-refractivity contribution in [3.8, 4) is 5.75 Å². The molecule has 148 valence electrons. The molecule has 3 N–H and O–H groups in total. The highest BCUT2D eigenvalue weighted by Gasteiger charge is 2.30. The topological polar surface area (TPSA) is 114 Å². The molecule has 0 unspecified atom stereocenters. The van der Waals surface area contributed by atoms with Gasteiger partial charge >= 0.3 is 0 Å². The van der Waals surface area contributed by atoms with Crippen LogP contribution in [0.2, 0.25) is 0 Å². The van der Waals surface area contributed by atoms with Crippen LogP contribution in [-0.2, 0) is 10.0 Å². The molecular weight excluding hydrogens is 382 g/mol. The Morgan fingerprint density at radius 3 is 2.11 bits per heavy atom. The molecule has 1 aliphatic rings. The first kappa shape index (κ1) is 19.8. The largest absolute Gasteiger partial charge is 0.495 e. The summed E-state index contributed by atoms with van der Waals surface area (Å²) in [7, 11) is -2.46. The Morgan fingerprint density at radius 2 is 1.54 bits per heavy atom. The van der Waals surface area contributed by atoms with Gasteiger partial charge in [0.1, 0.15) is 10.6 Å². The molecule has 0 aromatic heterocycles. The molecule has 0 radical (unpaired) electrons. The SMILES string of the molecule is COc1ccc(C(=O)NNC(=O)c2ccc(C)cc2)cc1S(=O)(=O)NC1CC1. The van der Waals surface area contributed by atoms with Crippen molar-refractivity contribution in [2.24, 2.45) is 0 Å². The summed E-state index contributed by atoms with van der Waals surface area (Å²) in [5.74, 6) is -0.996. The van der Waals surface area contributed by atoms with Gasteiger partial charge in [-0.25, -0.2) is 13.1 Å². The van der Waals surface area contributed by atoms with Gasteiger partial charge in [-0.15, -0.1) is 0 Å². The number of methoxy groups -OCH3 is 1. The average molecular weight is 403 g/mol. The standard InChI is InChI=1S/C19H21N3O5S/c1-12-3-5-13(6-4-12)18(23)20-21-19(24)14-7-10-16(27-2)17(11-14)28(25,26)22-15-8-9-15/h3-7,10-11,15,22H,8-9H2,1-2H3,(H,20,23)(H,21,24). The molecule has 1 saturated carbocycles. The number of carbonyl (C=O) groups is 2. The van der Waals surface area contributed by atoms with Crippen molar-refractivity contribution in [3.05, 3.63) is 59.2 Å². The maximum absolute atomic E-state index is 12.5.